The van der Waals surface area contributed by atoms with Crippen LogP contribution in [0.5, 0.6) is 11.5 Å². The van der Waals surface area contributed by atoms with Crippen molar-refractivity contribution in [2.75, 3.05) is 21.3 Å². The maximum absolute atomic E-state index is 12.9. The maximum Gasteiger partial charge on any atom is 0.260 e. The quantitative estimate of drug-likeness (QED) is 0.634. The molecule has 0 fully saturated rings. The van der Waals surface area contributed by atoms with Gasteiger partial charge in [-0.05, 0) is 49.8 Å². The van der Waals surface area contributed by atoms with E-state index in [1.54, 1.807) is 25.6 Å². The second kappa shape index (κ2) is 8.40. The summed E-state index contributed by atoms with van der Waals surface area (Å²) < 4.78 is 11.0. The highest BCUT2D eigenvalue weighted by Gasteiger charge is 2.26. The number of nitrogens with zero attached hydrogens (tertiary/aromatic N) is 1. The van der Waals surface area contributed by atoms with Crippen LogP contribution < -0.4 is 19.9 Å². The lowest BCUT2D eigenvalue weighted by molar-refractivity contribution is -0.924. The Balaban J connectivity index is 1.63. The number of benzene rings is 1. The minimum atomic E-state index is 0.000615. The van der Waals surface area contributed by atoms with Gasteiger partial charge < -0.3 is 19.4 Å². The molecule has 1 aliphatic carbocycles. The zero-order valence-electron chi connectivity index (χ0n) is 18.3. The fourth-order valence-electron chi connectivity index (χ4n) is 4.35. The Bertz CT molecular complexity index is 1120. The van der Waals surface area contributed by atoms with Gasteiger partial charge in [-0.3, -0.25) is 4.79 Å². The summed E-state index contributed by atoms with van der Waals surface area (Å²) in [5.41, 5.74) is 2.29. The lowest BCUT2D eigenvalue weighted by Crippen LogP contribution is -3.07. The number of nitrogens with one attached hydrogen (secondary N) is 2. The lowest BCUT2D eigenvalue weighted by atomic mass is 9.89. The maximum atomic E-state index is 12.9. The number of para-hydroxylation sites is 1. The SMILES string of the molecule is COc1cccc(C[NH+](C)[C@H](C)c2nc3sc4c(c3c(=O)[nH]2)CC[C@H](C)C4)c1OC. The second-order valence-corrected chi connectivity index (χ2v) is 9.46. The molecule has 1 unspecified atom stereocenters. The van der Waals surface area contributed by atoms with Crippen LogP contribution in [-0.4, -0.2) is 31.2 Å². The van der Waals surface area contributed by atoms with Crippen LogP contribution in [0.1, 0.15) is 48.1 Å². The summed E-state index contributed by atoms with van der Waals surface area (Å²) in [7, 11) is 5.41. The molecular formula is C23H30N3O3S+. The van der Waals surface area contributed by atoms with Crippen LogP contribution >= 0.6 is 11.3 Å². The first-order valence-electron chi connectivity index (χ1n) is 10.5. The highest BCUT2D eigenvalue weighted by Crippen LogP contribution is 2.36. The summed E-state index contributed by atoms with van der Waals surface area (Å²) >= 11 is 1.70. The van der Waals surface area contributed by atoms with Crippen molar-refractivity contribution in [3.05, 3.63) is 50.4 Å². The summed E-state index contributed by atoms with van der Waals surface area (Å²) in [5.74, 6) is 2.89. The fraction of sp³-hybridized carbons (Fsp3) is 0.478. The minimum Gasteiger partial charge on any atom is -0.493 e. The van der Waals surface area contributed by atoms with Crippen LogP contribution in [0.25, 0.3) is 10.2 Å². The van der Waals surface area contributed by atoms with Crippen LogP contribution in [0, 0.1) is 5.92 Å². The number of H-pyrrole nitrogens is 1. The van der Waals surface area contributed by atoms with Gasteiger partial charge in [-0.2, -0.15) is 0 Å². The third-order valence-corrected chi connectivity index (χ3v) is 7.44. The van der Waals surface area contributed by atoms with Gasteiger partial charge in [0.25, 0.3) is 5.56 Å². The van der Waals surface area contributed by atoms with Crippen molar-refractivity contribution in [1.82, 2.24) is 9.97 Å². The molecule has 1 aliphatic rings. The molecule has 0 aliphatic heterocycles. The summed E-state index contributed by atoms with van der Waals surface area (Å²) in [6.45, 7) is 5.10. The predicted octanol–water partition coefficient (Wildman–Crippen LogP) is 2.90. The number of fused-ring (bicyclic) bond motifs is 3. The van der Waals surface area contributed by atoms with Crippen LogP contribution in [0.3, 0.4) is 0 Å². The first kappa shape index (κ1) is 20.9. The summed E-state index contributed by atoms with van der Waals surface area (Å²) in [6, 6.07) is 5.94. The van der Waals surface area contributed by atoms with Gasteiger partial charge in [-0.25, -0.2) is 4.98 Å². The van der Waals surface area contributed by atoms with Crippen molar-refractivity contribution < 1.29 is 14.4 Å². The number of ether oxygens (including phenoxy) is 2. The molecule has 3 atom stereocenters. The second-order valence-electron chi connectivity index (χ2n) is 8.38. The molecule has 0 saturated heterocycles. The van der Waals surface area contributed by atoms with Crippen molar-refractivity contribution in [1.29, 1.82) is 0 Å². The van der Waals surface area contributed by atoms with Gasteiger partial charge in [-0.1, -0.05) is 13.0 Å². The largest absolute Gasteiger partial charge is 0.493 e. The third kappa shape index (κ3) is 3.72. The van der Waals surface area contributed by atoms with E-state index in [4.69, 9.17) is 14.5 Å². The molecule has 30 heavy (non-hydrogen) atoms. The zero-order valence-corrected chi connectivity index (χ0v) is 19.1. The monoisotopic (exact) mass is 428 g/mol. The van der Waals surface area contributed by atoms with Crippen LogP contribution in [0.4, 0.5) is 0 Å². The number of hydrogen-bond donors (Lipinski definition) is 2. The van der Waals surface area contributed by atoms with E-state index in [2.05, 4.69) is 25.9 Å². The van der Waals surface area contributed by atoms with Gasteiger partial charge in [0.2, 0.25) is 0 Å². The molecule has 3 aromatic rings. The van der Waals surface area contributed by atoms with E-state index >= 15 is 0 Å². The van der Waals surface area contributed by atoms with E-state index in [0.29, 0.717) is 5.92 Å². The molecular weight excluding hydrogens is 398 g/mol. The van der Waals surface area contributed by atoms with Gasteiger partial charge in [0.05, 0.1) is 32.2 Å². The first-order chi connectivity index (χ1) is 14.4. The Hall–Kier alpha value is -2.38. The number of hydrogen-bond acceptors (Lipinski definition) is 5. The molecule has 7 heteroatoms. The lowest BCUT2D eigenvalue weighted by Gasteiger charge is -2.22. The Morgan fingerprint density at radius 3 is 2.87 bits per heavy atom. The van der Waals surface area contributed by atoms with E-state index in [1.807, 2.05) is 18.2 Å². The van der Waals surface area contributed by atoms with E-state index in [9.17, 15) is 4.79 Å². The Kier molecular flexibility index (Phi) is 5.84. The van der Waals surface area contributed by atoms with Crippen molar-refractivity contribution in [2.45, 2.75) is 45.7 Å². The molecule has 0 radical (unpaired) electrons. The van der Waals surface area contributed by atoms with Crippen LogP contribution in [0.2, 0.25) is 0 Å². The number of rotatable bonds is 6. The molecule has 4 rings (SSSR count). The number of thiophene rings is 1. The number of aromatic nitrogens is 2. The number of aryl methyl sites for hydroxylation is 1. The average molecular weight is 429 g/mol. The predicted molar refractivity (Wildman–Crippen MR) is 120 cm³/mol. The summed E-state index contributed by atoms with van der Waals surface area (Å²) in [5, 5.41) is 0.810. The standard InChI is InChI=1S/C23H29N3O3S/c1-13-9-10-16-18(11-13)30-23-19(16)22(27)24-21(25-23)14(2)26(3)12-15-7-6-8-17(28-4)20(15)29-5/h6-8,13-14H,9-12H2,1-5H3,(H,24,25,27)/p+1/t13-,14+/m0/s1. The zero-order chi connectivity index (χ0) is 21.4. The highest BCUT2D eigenvalue weighted by molar-refractivity contribution is 7.18. The van der Waals surface area contributed by atoms with Gasteiger partial charge in [0, 0.05) is 4.88 Å². The third-order valence-electron chi connectivity index (χ3n) is 6.29. The van der Waals surface area contributed by atoms with Crippen molar-refractivity contribution in [3.63, 3.8) is 0 Å². The van der Waals surface area contributed by atoms with Gasteiger partial charge >= 0.3 is 0 Å². The van der Waals surface area contributed by atoms with Crippen LogP contribution in [-0.2, 0) is 19.4 Å². The van der Waals surface area contributed by atoms with Gasteiger partial charge in [0.1, 0.15) is 17.4 Å². The molecule has 2 N–H and O–H groups in total. The number of methoxy groups -OCH3 is 2. The van der Waals surface area contributed by atoms with E-state index in [-0.39, 0.29) is 11.6 Å². The summed E-state index contributed by atoms with van der Waals surface area (Å²) in [6.07, 6.45) is 3.18. The molecule has 0 spiro atoms. The number of aromatic amines is 1. The van der Waals surface area contributed by atoms with E-state index < -0.39 is 0 Å². The minimum absolute atomic E-state index is 0.000615. The molecule has 0 saturated carbocycles. The molecule has 2 heterocycles. The normalized spacial score (nSPS) is 18.1. The van der Waals surface area contributed by atoms with E-state index in [0.717, 1.165) is 58.9 Å². The summed E-state index contributed by atoms with van der Waals surface area (Å²) in [4.78, 5) is 24.3. The van der Waals surface area contributed by atoms with Gasteiger partial charge in [-0.15, -0.1) is 11.3 Å². The van der Waals surface area contributed by atoms with E-state index in [1.165, 1.54) is 15.3 Å². The Morgan fingerprint density at radius 1 is 1.33 bits per heavy atom. The fourth-order valence-corrected chi connectivity index (χ4v) is 5.74. The van der Waals surface area contributed by atoms with Crippen molar-refractivity contribution in [2.24, 2.45) is 5.92 Å². The molecule has 1 aromatic carbocycles. The Morgan fingerprint density at radius 2 is 2.13 bits per heavy atom. The van der Waals surface area contributed by atoms with Crippen molar-refractivity contribution >= 4 is 21.6 Å². The molecule has 0 bridgehead atoms. The smallest absolute Gasteiger partial charge is 0.260 e. The number of quaternary nitrogens is 1. The first-order valence-corrected chi connectivity index (χ1v) is 11.3. The topological polar surface area (TPSA) is 68.7 Å². The molecule has 0 amide bonds. The average Bonchev–Trinajstić information content (AvgIpc) is 3.10. The van der Waals surface area contributed by atoms with Gasteiger partial charge in [0.15, 0.2) is 17.3 Å². The highest BCUT2D eigenvalue weighted by atomic mass is 32.1. The molecule has 2 aromatic heterocycles. The Labute approximate surface area is 180 Å². The van der Waals surface area contributed by atoms with Crippen LogP contribution in [0.15, 0.2) is 23.0 Å². The molecule has 6 nitrogen and oxygen atoms in total. The molecule has 160 valence electrons. The van der Waals surface area contributed by atoms with Crippen molar-refractivity contribution in [3.8, 4) is 11.5 Å².